The van der Waals surface area contributed by atoms with E-state index < -0.39 is 12.1 Å². The molecule has 88 valence electrons. The SMILES string of the molecule is NC(c1ccccc1)C(O)c1cccc(O)c1. The van der Waals surface area contributed by atoms with Gasteiger partial charge in [-0.15, -0.1) is 0 Å². The highest BCUT2D eigenvalue weighted by atomic mass is 16.3. The predicted octanol–water partition coefficient (Wildman–Crippen LogP) is 2.13. The zero-order chi connectivity index (χ0) is 12.3. The van der Waals surface area contributed by atoms with E-state index >= 15 is 0 Å². The number of nitrogens with two attached hydrogens (primary N) is 1. The van der Waals surface area contributed by atoms with Crippen molar-refractivity contribution in [2.24, 2.45) is 5.73 Å². The van der Waals surface area contributed by atoms with Crippen molar-refractivity contribution in [3.05, 3.63) is 65.7 Å². The van der Waals surface area contributed by atoms with Gasteiger partial charge < -0.3 is 15.9 Å². The van der Waals surface area contributed by atoms with Crippen molar-refractivity contribution < 1.29 is 10.2 Å². The number of phenols is 1. The molecule has 0 heterocycles. The molecule has 0 bridgehead atoms. The molecule has 2 aromatic carbocycles. The van der Waals surface area contributed by atoms with Crippen LogP contribution in [0.15, 0.2) is 54.6 Å². The van der Waals surface area contributed by atoms with Crippen molar-refractivity contribution in [1.29, 1.82) is 0 Å². The average molecular weight is 229 g/mol. The van der Waals surface area contributed by atoms with Gasteiger partial charge in [0.15, 0.2) is 0 Å². The summed E-state index contributed by atoms with van der Waals surface area (Å²) >= 11 is 0. The van der Waals surface area contributed by atoms with E-state index in [0.717, 1.165) is 5.56 Å². The van der Waals surface area contributed by atoms with Gasteiger partial charge in [-0.2, -0.15) is 0 Å². The summed E-state index contributed by atoms with van der Waals surface area (Å²) in [5, 5.41) is 19.5. The number of hydrogen-bond acceptors (Lipinski definition) is 3. The lowest BCUT2D eigenvalue weighted by atomic mass is 9.96. The molecule has 0 spiro atoms. The van der Waals surface area contributed by atoms with Crippen molar-refractivity contribution in [3.63, 3.8) is 0 Å². The van der Waals surface area contributed by atoms with Crippen LogP contribution in [0.2, 0.25) is 0 Å². The van der Waals surface area contributed by atoms with Crippen LogP contribution in [-0.2, 0) is 0 Å². The van der Waals surface area contributed by atoms with Gasteiger partial charge in [0, 0.05) is 0 Å². The Balaban J connectivity index is 2.23. The van der Waals surface area contributed by atoms with Crippen LogP contribution in [0, 0.1) is 0 Å². The molecule has 0 saturated carbocycles. The number of rotatable bonds is 3. The first-order valence-corrected chi connectivity index (χ1v) is 5.46. The van der Waals surface area contributed by atoms with E-state index in [1.165, 1.54) is 6.07 Å². The van der Waals surface area contributed by atoms with Crippen LogP contribution in [0.1, 0.15) is 23.3 Å². The van der Waals surface area contributed by atoms with Crippen LogP contribution in [0.5, 0.6) is 5.75 Å². The molecular weight excluding hydrogens is 214 g/mol. The second-order valence-electron chi connectivity index (χ2n) is 3.98. The molecule has 0 saturated heterocycles. The van der Waals surface area contributed by atoms with E-state index in [0.29, 0.717) is 5.56 Å². The largest absolute Gasteiger partial charge is 0.508 e. The lowest BCUT2D eigenvalue weighted by Gasteiger charge is -2.19. The van der Waals surface area contributed by atoms with Gasteiger partial charge in [0.05, 0.1) is 12.1 Å². The Morgan fingerprint density at radius 2 is 1.53 bits per heavy atom. The molecule has 2 rings (SSSR count). The summed E-state index contributed by atoms with van der Waals surface area (Å²) in [6.07, 6.45) is -0.829. The first kappa shape index (κ1) is 11.6. The monoisotopic (exact) mass is 229 g/mol. The van der Waals surface area contributed by atoms with Crippen LogP contribution in [-0.4, -0.2) is 10.2 Å². The molecule has 0 aliphatic carbocycles. The zero-order valence-corrected chi connectivity index (χ0v) is 9.32. The molecule has 0 fully saturated rings. The Kier molecular flexibility index (Phi) is 3.42. The highest BCUT2D eigenvalue weighted by Crippen LogP contribution is 2.28. The second-order valence-corrected chi connectivity index (χ2v) is 3.98. The average Bonchev–Trinajstić information content (AvgIpc) is 2.38. The minimum absolute atomic E-state index is 0.127. The highest BCUT2D eigenvalue weighted by molar-refractivity contribution is 5.31. The normalized spacial score (nSPS) is 14.2. The molecule has 3 heteroatoms. The van der Waals surface area contributed by atoms with Crippen molar-refractivity contribution in [3.8, 4) is 5.75 Å². The molecule has 2 atom stereocenters. The number of phenolic OH excluding ortho intramolecular Hbond substituents is 1. The van der Waals surface area contributed by atoms with Crippen molar-refractivity contribution in [2.75, 3.05) is 0 Å². The fourth-order valence-corrected chi connectivity index (χ4v) is 1.77. The number of hydrogen-bond donors (Lipinski definition) is 3. The van der Waals surface area contributed by atoms with Crippen LogP contribution in [0.4, 0.5) is 0 Å². The van der Waals surface area contributed by atoms with Crippen LogP contribution in [0.3, 0.4) is 0 Å². The lowest BCUT2D eigenvalue weighted by molar-refractivity contribution is 0.146. The predicted molar refractivity (Wildman–Crippen MR) is 66.4 cm³/mol. The Morgan fingerprint density at radius 3 is 2.18 bits per heavy atom. The number of aliphatic hydroxyl groups excluding tert-OH is 1. The lowest BCUT2D eigenvalue weighted by Crippen LogP contribution is -2.19. The molecule has 2 aromatic rings. The third-order valence-corrected chi connectivity index (χ3v) is 2.74. The number of aliphatic hydroxyl groups is 1. The van der Waals surface area contributed by atoms with Gasteiger partial charge in [0.25, 0.3) is 0 Å². The van der Waals surface area contributed by atoms with Gasteiger partial charge in [0.1, 0.15) is 5.75 Å². The van der Waals surface area contributed by atoms with Gasteiger partial charge in [-0.1, -0.05) is 42.5 Å². The third-order valence-electron chi connectivity index (χ3n) is 2.74. The van der Waals surface area contributed by atoms with E-state index in [4.69, 9.17) is 5.73 Å². The quantitative estimate of drug-likeness (QED) is 0.755. The fraction of sp³-hybridized carbons (Fsp3) is 0.143. The summed E-state index contributed by atoms with van der Waals surface area (Å²) in [5.74, 6) is 0.127. The van der Waals surface area contributed by atoms with E-state index in [-0.39, 0.29) is 5.75 Å². The second kappa shape index (κ2) is 4.99. The van der Waals surface area contributed by atoms with Crippen molar-refractivity contribution >= 4 is 0 Å². The number of aromatic hydroxyl groups is 1. The molecule has 0 radical (unpaired) electrons. The maximum absolute atomic E-state index is 10.1. The summed E-state index contributed by atoms with van der Waals surface area (Å²) < 4.78 is 0. The first-order valence-electron chi connectivity index (χ1n) is 5.46. The molecule has 0 aromatic heterocycles. The third kappa shape index (κ3) is 2.64. The zero-order valence-electron chi connectivity index (χ0n) is 9.32. The molecule has 0 amide bonds. The van der Waals surface area contributed by atoms with E-state index in [1.807, 2.05) is 30.3 Å². The maximum atomic E-state index is 10.1. The smallest absolute Gasteiger partial charge is 0.115 e. The molecule has 0 aliphatic rings. The minimum atomic E-state index is -0.829. The number of benzene rings is 2. The van der Waals surface area contributed by atoms with Gasteiger partial charge in [-0.05, 0) is 23.3 Å². The van der Waals surface area contributed by atoms with Gasteiger partial charge in [-0.25, -0.2) is 0 Å². The molecular formula is C14H15NO2. The Morgan fingerprint density at radius 1 is 0.882 bits per heavy atom. The van der Waals surface area contributed by atoms with Crippen LogP contribution >= 0.6 is 0 Å². The molecule has 2 unspecified atom stereocenters. The van der Waals surface area contributed by atoms with Crippen molar-refractivity contribution in [2.45, 2.75) is 12.1 Å². The summed E-state index contributed by atoms with van der Waals surface area (Å²) in [5.41, 5.74) is 7.47. The fourth-order valence-electron chi connectivity index (χ4n) is 1.77. The topological polar surface area (TPSA) is 66.5 Å². The summed E-state index contributed by atoms with van der Waals surface area (Å²) in [7, 11) is 0. The summed E-state index contributed by atoms with van der Waals surface area (Å²) in [6, 6.07) is 15.4. The molecule has 4 N–H and O–H groups in total. The minimum Gasteiger partial charge on any atom is -0.508 e. The van der Waals surface area contributed by atoms with Crippen LogP contribution < -0.4 is 5.73 Å². The van der Waals surface area contributed by atoms with Gasteiger partial charge in [-0.3, -0.25) is 0 Å². The molecule has 17 heavy (non-hydrogen) atoms. The van der Waals surface area contributed by atoms with Gasteiger partial charge >= 0.3 is 0 Å². The van der Waals surface area contributed by atoms with E-state index in [2.05, 4.69) is 0 Å². The van der Waals surface area contributed by atoms with Crippen molar-refractivity contribution in [1.82, 2.24) is 0 Å². The maximum Gasteiger partial charge on any atom is 0.115 e. The van der Waals surface area contributed by atoms with E-state index in [1.54, 1.807) is 18.2 Å². The molecule has 0 aliphatic heterocycles. The summed E-state index contributed by atoms with van der Waals surface area (Å²) in [6.45, 7) is 0. The Labute approximate surface area is 100 Å². The molecule has 3 nitrogen and oxygen atoms in total. The standard InChI is InChI=1S/C14H15NO2/c15-13(10-5-2-1-3-6-10)14(17)11-7-4-8-12(16)9-11/h1-9,13-14,16-17H,15H2. The Hall–Kier alpha value is -1.84. The Bertz CT molecular complexity index is 485. The van der Waals surface area contributed by atoms with E-state index in [9.17, 15) is 10.2 Å². The summed E-state index contributed by atoms with van der Waals surface area (Å²) in [4.78, 5) is 0. The first-order chi connectivity index (χ1) is 8.18. The van der Waals surface area contributed by atoms with Crippen LogP contribution in [0.25, 0.3) is 0 Å². The highest BCUT2D eigenvalue weighted by Gasteiger charge is 2.18. The van der Waals surface area contributed by atoms with Gasteiger partial charge in [0.2, 0.25) is 0 Å².